The highest BCUT2D eigenvalue weighted by Crippen LogP contribution is 2.40. The average Bonchev–Trinajstić information content (AvgIpc) is 3.45. The third-order valence-corrected chi connectivity index (χ3v) is 6.49. The van der Waals surface area contributed by atoms with Gasteiger partial charge in [-0.2, -0.15) is 0 Å². The van der Waals surface area contributed by atoms with Crippen LogP contribution in [0, 0.1) is 13.8 Å². The monoisotopic (exact) mass is 496 g/mol. The third-order valence-electron chi connectivity index (χ3n) is 6.19. The molecule has 0 radical (unpaired) electrons. The van der Waals surface area contributed by atoms with E-state index in [1.807, 2.05) is 6.92 Å². The van der Waals surface area contributed by atoms with Gasteiger partial charge in [0.25, 0.3) is 11.8 Å². The van der Waals surface area contributed by atoms with Gasteiger partial charge in [-0.1, -0.05) is 16.7 Å². The number of amides is 4. The molecule has 0 bridgehead atoms. The predicted octanol–water partition coefficient (Wildman–Crippen LogP) is 4.21. The van der Waals surface area contributed by atoms with Crippen LogP contribution in [0.25, 0.3) is 22.1 Å². The highest BCUT2D eigenvalue weighted by Gasteiger charge is 2.30. The van der Waals surface area contributed by atoms with Gasteiger partial charge >= 0.3 is 6.03 Å². The minimum atomic E-state index is -0.330. The number of carbonyl (C=O) groups excluding carboxylic acids is 3. The molecule has 1 saturated heterocycles. The quantitative estimate of drug-likeness (QED) is 0.252. The van der Waals surface area contributed by atoms with Gasteiger partial charge in [0.2, 0.25) is 0 Å². The topological polar surface area (TPSA) is 146 Å². The average molecular weight is 497 g/mol. The second kappa shape index (κ2) is 9.36. The lowest BCUT2D eigenvalue weighted by molar-refractivity contribution is -0.110. The van der Waals surface area contributed by atoms with Crippen LogP contribution in [-0.4, -0.2) is 65.9 Å². The van der Waals surface area contributed by atoms with Crippen molar-refractivity contribution in [3.8, 4) is 0 Å². The van der Waals surface area contributed by atoms with Crippen LogP contribution in [0.15, 0.2) is 17.2 Å². The Hall–Kier alpha value is -3.95. The standard InChI is InChI=1S/C23H25ClN8O3/c1-11-17(8-15-14-7-19(29-30-25)16(24)9-18(14)28-21(15)33)26-12(2)20(11)22(34)27-13-5-6-32(10-13)23(35)31(3)4/h7-9,13,26H,5-6,10H2,1-4H3,(H,27,34)(H,28,33)/b15-8-/t13-/m0/s1. The van der Waals surface area contributed by atoms with Crippen molar-refractivity contribution in [2.24, 2.45) is 5.11 Å². The minimum Gasteiger partial charge on any atom is -0.358 e. The number of urea groups is 1. The number of azide groups is 1. The number of fused-ring (bicyclic) bond motifs is 1. The summed E-state index contributed by atoms with van der Waals surface area (Å²) in [4.78, 5) is 47.2. The molecular weight excluding hydrogens is 472 g/mol. The van der Waals surface area contributed by atoms with Gasteiger partial charge in [0, 0.05) is 55.1 Å². The van der Waals surface area contributed by atoms with Crippen molar-refractivity contribution < 1.29 is 14.4 Å². The number of aromatic amines is 1. The van der Waals surface area contributed by atoms with Gasteiger partial charge in [-0.05, 0) is 49.6 Å². The maximum Gasteiger partial charge on any atom is 0.319 e. The first-order valence-electron chi connectivity index (χ1n) is 11.0. The van der Waals surface area contributed by atoms with Crippen molar-refractivity contribution >= 4 is 52.5 Å². The normalized spacial score (nSPS) is 17.7. The van der Waals surface area contributed by atoms with Crippen LogP contribution in [0.1, 0.15) is 39.3 Å². The fraction of sp³-hybridized carbons (Fsp3) is 0.348. The number of hydrogen-bond donors (Lipinski definition) is 3. The van der Waals surface area contributed by atoms with Crippen molar-refractivity contribution in [2.45, 2.75) is 26.3 Å². The second-order valence-electron chi connectivity index (χ2n) is 8.80. The molecule has 1 aromatic carbocycles. The number of likely N-dealkylation sites (tertiary alicyclic amines) is 1. The molecule has 0 saturated carbocycles. The summed E-state index contributed by atoms with van der Waals surface area (Å²) in [5.74, 6) is -0.567. The van der Waals surface area contributed by atoms with E-state index in [9.17, 15) is 14.4 Å². The van der Waals surface area contributed by atoms with E-state index in [-0.39, 0.29) is 34.6 Å². The second-order valence-corrected chi connectivity index (χ2v) is 9.20. The zero-order chi connectivity index (χ0) is 25.4. The SMILES string of the molecule is Cc1[nH]c(/C=C2\C(=O)Nc3cc(Cl)c(N=[N+]=[N-])cc32)c(C)c1C(=O)N[C@H]1CCN(C(=O)N(C)C)C1. The number of hydrogen-bond acceptors (Lipinski definition) is 4. The summed E-state index contributed by atoms with van der Waals surface area (Å²) >= 11 is 6.13. The lowest BCUT2D eigenvalue weighted by Gasteiger charge is -2.21. The van der Waals surface area contributed by atoms with E-state index >= 15 is 0 Å². The number of carbonyl (C=O) groups is 3. The van der Waals surface area contributed by atoms with Crippen LogP contribution in [0.5, 0.6) is 0 Å². The molecule has 0 aliphatic carbocycles. The smallest absolute Gasteiger partial charge is 0.319 e. The van der Waals surface area contributed by atoms with E-state index in [2.05, 4.69) is 25.6 Å². The first-order chi connectivity index (χ1) is 16.6. The Bertz CT molecular complexity index is 1320. The lowest BCUT2D eigenvalue weighted by Crippen LogP contribution is -2.41. The Morgan fingerprint density at radius 1 is 1.34 bits per heavy atom. The largest absolute Gasteiger partial charge is 0.358 e. The Morgan fingerprint density at radius 2 is 2.09 bits per heavy atom. The van der Waals surface area contributed by atoms with Crippen LogP contribution in [-0.2, 0) is 4.79 Å². The molecule has 1 aromatic heterocycles. The number of halogens is 1. The Labute approximate surface area is 206 Å². The summed E-state index contributed by atoms with van der Waals surface area (Å²) in [7, 11) is 3.40. The molecule has 2 aromatic rings. The zero-order valence-corrected chi connectivity index (χ0v) is 20.5. The first-order valence-corrected chi connectivity index (χ1v) is 11.4. The molecule has 1 fully saturated rings. The molecule has 35 heavy (non-hydrogen) atoms. The summed E-state index contributed by atoms with van der Waals surface area (Å²) < 4.78 is 0. The van der Waals surface area contributed by atoms with Gasteiger partial charge in [0.1, 0.15) is 0 Å². The summed E-state index contributed by atoms with van der Waals surface area (Å²) in [6, 6.07) is 2.88. The van der Waals surface area contributed by atoms with Crippen LogP contribution < -0.4 is 10.6 Å². The van der Waals surface area contributed by atoms with Crippen molar-refractivity contribution in [3.63, 3.8) is 0 Å². The molecule has 1 atom stereocenters. The third kappa shape index (κ3) is 4.55. The molecule has 11 nitrogen and oxygen atoms in total. The number of nitrogens with one attached hydrogen (secondary N) is 3. The molecule has 0 unspecified atom stereocenters. The van der Waals surface area contributed by atoms with Crippen molar-refractivity contribution in [1.29, 1.82) is 0 Å². The molecule has 2 aliphatic rings. The fourth-order valence-electron chi connectivity index (χ4n) is 4.46. The van der Waals surface area contributed by atoms with Gasteiger partial charge in [-0.25, -0.2) is 4.79 Å². The number of aromatic nitrogens is 1. The van der Waals surface area contributed by atoms with Crippen LogP contribution in [0.4, 0.5) is 16.2 Å². The van der Waals surface area contributed by atoms with E-state index in [1.54, 1.807) is 38.1 Å². The van der Waals surface area contributed by atoms with Gasteiger partial charge in [-0.15, -0.1) is 0 Å². The summed E-state index contributed by atoms with van der Waals surface area (Å²) in [6.45, 7) is 4.64. The number of aryl methyl sites for hydroxylation is 1. The van der Waals surface area contributed by atoms with E-state index in [0.717, 1.165) is 0 Å². The van der Waals surface area contributed by atoms with E-state index < -0.39 is 0 Å². The molecule has 3 N–H and O–H groups in total. The van der Waals surface area contributed by atoms with Gasteiger partial charge in [-0.3, -0.25) is 9.59 Å². The summed E-state index contributed by atoms with van der Waals surface area (Å²) in [5.41, 5.74) is 12.9. The number of rotatable bonds is 4. The van der Waals surface area contributed by atoms with Gasteiger partial charge < -0.3 is 25.4 Å². The molecular formula is C23H25ClN8O3. The molecule has 12 heteroatoms. The number of H-pyrrole nitrogens is 1. The minimum absolute atomic E-state index is 0.0790. The van der Waals surface area contributed by atoms with Crippen LogP contribution in [0.2, 0.25) is 5.02 Å². The predicted molar refractivity (Wildman–Crippen MR) is 134 cm³/mol. The lowest BCUT2D eigenvalue weighted by atomic mass is 10.0. The summed E-state index contributed by atoms with van der Waals surface area (Å²) in [6.07, 6.45) is 2.35. The van der Waals surface area contributed by atoms with Gasteiger partial charge in [0.15, 0.2) is 0 Å². The molecule has 4 amide bonds. The first kappa shape index (κ1) is 24.2. The Morgan fingerprint density at radius 3 is 2.77 bits per heavy atom. The fourth-order valence-corrected chi connectivity index (χ4v) is 4.67. The van der Waals surface area contributed by atoms with E-state index in [0.29, 0.717) is 58.8 Å². The molecule has 4 rings (SSSR count). The Balaban J connectivity index is 1.59. The van der Waals surface area contributed by atoms with E-state index in [1.165, 1.54) is 11.0 Å². The molecule has 182 valence electrons. The van der Waals surface area contributed by atoms with Gasteiger partial charge in [0.05, 0.1) is 27.5 Å². The van der Waals surface area contributed by atoms with Crippen LogP contribution in [0.3, 0.4) is 0 Å². The maximum atomic E-state index is 13.1. The number of benzene rings is 1. The summed E-state index contributed by atoms with van der Waals surface area (Å²) in [5, 5.41) is 9.59. The zero-order valence-electron chi connectivity index (χ0n) is 19.8. The van der Waals surface area contributed by atoms with Crippen molar-refractivity contribution in [3.05, 3.63) is 55.7 Å². The highest BCUT2D eigenvalue weighted by molar-refractivity contribution is 6.38. The van der Waals surface area contributed by atoms with Crippen LogP contribution >= 0.6 is 11.6 Å². The Kier molecular flexibility index (Phi) is 6.47. The van der Waals surface area contributed by atoms with E-state index in [4.69, 9.17) is 17.1 Å². The van der Waals surface area contributed by atoms with Crippen molar-refractivity contribution in [2.75, 3.05) is 32.5 Å². The molecule has 2 aliphatic heterocycles. The number of nitrogens with zero attached hydrogens (tertiary/aromatic N) is 5. The maximum absolute atomic E-state index is 13.1. The highest BCUT2D eigenvalue weighted by atomic mass is 35.5. The number of anilines is 1. The molecule has 0 spiro atoms. The molecule has 3 heterocycles. The van der Waals surface area contributed by atoms with Crippen molar-refractivity contribution in [1.82, 2.24) is 20.1 Å².